The topological polar surface area (TPSA) is 40.5 Å². The van der Waals surface area contributed by atoms with Crippen LogP contribution in [0.1, 0.15) is 20.8 Å². The molecule has 0 aliphatic rings. The Morgan fingerprint density at radius 2 is 2.20 bits per heavy atom. The second-order valence-electron chi connectivity index (χ2n) is 4.49. The molecule has 1 amide bonds. The molecule has 0 aliphatic carbocycles. The van der Waals surface area contributed by atoms with E-state index in [-0.39, 0.29) is 12.5 Å². The maximum Gasteiger partial charge on any atom is 0.254 e. The van der Waals surface area contributed by atoms with Crippen LogP contribution in [0.2, 0.25) is 5.02 Å². The Labute approximate surface area is 127 Å². The number of rotatable bonds is 5. The molecule has 20 heavy (non-hydrogen) atoms. The van der Waals surface area contributed by atoms with E-state index in [4.69, 9.17) is 16.7 Å². The maximum absolute atomic E-state index is 12.6. The molecule has 0 spiro atoms. The fourth-order valence-electron chi connectivity index (χ4n) is 2.00. The Balaban J connectivity index is 2.21. The number of amides is 1. The third-order valence-corrected chi connectivity index (χ3v) is 4.10. The summed E-state index contributed by atoms with van der Waals surface area (Å²) < 4.78 is 0. The van der Waals surface area contributed by atoms with Gasteiger partial charge < -0.3 is 10.0 Å². The van der Waals surface area contributed by atoms with Gasteiger partial charge in [-0.25, -0.2) is 0 Å². The van der Waals surface area contributed by atoms with Gasteiger partial charge in [-0.15, -0.1) is 11.3 Å². The molecule has 106 valence electrons. The van der Waals surface area contributed by atoms with Gasteiger partial charge in [-0.05, 0) is 42.1 Å². The number of aliphatic hydroxyl groups excluding tert-OH is 1. The Morgan fingerprint density at radius 3 is 2.80 bits per heavy atom. The van der Waals surface area contributed by atoms with Crippen molar-refractivity contribution in [3.63, 3.8) is 0 Å². The molecule has 0 fully saturated rings. The van der Waals surface area contributed by atoms with Gasteiger partial charge in [-0.1, -0.05) is 17.7 Å². The quantitative estimate of drug-likeness (QED) is 0.920. The summed E-state index contributed by atoms with van der Waals surface area (Å²) in [5, 5.41) is 11.8. The second kappa shape index (κ2) is 6.88. The van der Waals surface area contributed by atoms with Crippen molar-refractivity contribution < 1.29 is 9.90 Å². The van der Waals surface area contributed by atoms with Crippen molar-refractivity contribution in [1.82, 2.24) is 4.90 Å². The summed E-state index contributed by atoms with van der Waals surface area (Å²) >= 11 is 7.51. The monoisotopic (exact) mass is 309 g/mol. The van der Waals surface area contributed by atoms with Gasteiger partial charge in [0, 0.05) is 22.0 Å². The number of nitrogens with zero attached hydrogens (tertiary/aromatic N) is 1. The van der Waals surface area contributed by atoms with E-state index >= 15 is 0 Å². The van der Waals surface area contributed by atoms with E-state index in [2.05, 4.69) is 0 Å². The Bertz CT molecular complexity index is 584. The van der Waals surface area contributed by atoms with Gasteiger partial charge in [0.05, 0.1) is 13.2 Å². The molecule has 5 heteroatoms. The summed E-state index contributed by atoms with van der Waals surface area (Å²) in [5.74, 6) is -0.0818. The zero-order valence-electron chi connectivity index (χ0n) is 11.2. The molecule has 2 aromatic rings. The van der Waals surface area contributed by atoms with Crippen LogP contribution in [0.3, 0.4) is 0 Å². The van der Waals surface area contributed by atoms with Crippen LogP contribution in [0.5, 0.6) is 0 Å². The normalized spacial score (nSPS) is 10.6. The molecule has 1 aromatic carbocycles. The molecule has 1 N–H and O–H groups in total. The predicted molar refractivity (Wildman–Crippen MR) is 82.3 cm³/mol. The van der Waals surface area contributed by atoms with Crippen molar-refractivity contribution in [2.75, 3.05) is 13.2 Å². The van der Waals surface area contributed by atoms with Crippen molar-refractivity contribution >= 4 is 28.8 Å². The van der Waals surface area contributed by atoms with Crippen molar-refractivity contribution in [3.8, 4) is 0 Å². The van der Waals surface area contributed by atoms with E-state index < -0.39 is 0 Å². The van der Waals surface area contributed by atoms with Gasteiger partial charge in [0.25, 0.3) is 5.91 Å². The summed E-state index contributed by atoms with van der Waals surface area (Å²) in [7, 11) is 0. The Kier molecular flexibility index (Phi) is 5.17. The molecular weight excluding hydrogens is 294 g/mol. The minimum atomic E-state index is -0.0818. The molecule has 0 unspecified atom stereocenters. The Morgan fingerprint density at radius 1 is 1.40 bits per heavy atom. The van der Waals surface area contributed by atoms with Gasteiger partial charge >= 0.3 is 0 Å². The Hall–Kier alpha value is -1.36. The van der Waals surface area contributed by atoms with E-state index in [9.17, 15) is 4.79 Å². The van der Waals surface area contributed by atoms with Crippen molar-refractivity contribution in [2.24, 2.45) is 0 Å². The molecule has 0 radical (unpaired) electrons. The SMILES string of the molecule is Cc1cc(Cl)ccc1C(=O)N(CCO)Cc1cccs1. The first-order valence-electron chi connectivity index (χ1n) is 6.30. The van der Waals surface area contributed by atoms with Gasteiger partial charge in [-0.2, -0.15) is 0 Å². The van der Waals surface area contributed by atoms with Gasteiger partial charge in [-0.3, -0.25) is 4.79 Å². The molecule has 0 aliphatic heterocycles. The van der Waals surface area contributed by atoms with E-state index in [1.807, 2.05) is 24.4 Å². The first kappa shape index (κ1) is 15.0. The standard InChI is InChI=1S/C15H16ClNO2S/c1-11-9-12(16)4-5-14(11)15(19)17(6-7-18)10-13-3-2-8-20-13/h2-5,8-9,18H,6-7,10H2,1H3. The fourth-order valence-corrected chi connectivity index (χ4v) is 2.95. The lowest BCUT2D eigenvalue weighted by molar-refractivity contribution is 0.0709. The molecule has 0 atom stereocenters. The average Bonchev–Trinajstić information content (AvgIpc) is 2.90. The number of hydrogen-bond acceptors (Lipinski definition) is 3. The number of thiophene rings is 1. The zero-order valence-corrected chi connectivity index (χ0v) is 12.7. The first-order valence-corrected chi connectivity index (χ1v) is 7.56. The van der Waals surface area contributed by atoms with Crippen molar-refractivity contribution in [1.29, 1.82) is 0 Å². The van der Waals surface area contributed by atoms with Crippen LogP contribution < -0.4 is 0 Å². The van der Waals surface area contributed by atoms with E-state index in [0.717, 1.165) is 10.4 Å². The lowest BCUT2D eigenvalue weighted by Crippen LogP contribution is -2.33. The number of carbonyl (C=O) groups is 1. The second-order valence-corrected chi connectivity index (χ2v) is 5.96. The summed E-state index contributed by atoms with van der Waals surface area (Å²) in [6.07, 6.45) is 0. The van der Waals surface area contributed by atoms with Gasteiger partial charge in [0.1, 0.15) is 0 Å². The van der Waals surface area contributed by atoms with Crippen LogP contribution in [0.25, 0.3) is 0 Å². The number of carbonyl (C=O) groups excluding carboxylic acids is 1. The van der Waals surface area contributed by atoms with Gasteiger partial charge in [0.15, 0.2) is 0 Å². The minimum absolute atomic E-state index is 0.0518. The summed E-state index contributed by atoms with van der Waals surface area (Å²) in [5.41, 5.74) is 1.47. The minimum Gasteiger partial charge on any atom is -0.395 e. The first-order chi connectivity index (χ1) is 9.61. The summed E-state index contributed by atoms with van der Waals surface area (Å²) in [6, 6.07) is 9.16. The lowest BCUT2D eigenvalue weighted by atomic mass is 10.1. The number of benzene rings is 1. The van der Waals surface area contributed by atoms with Crippen molar-refractivity contribution in [2.45, 2.75) is 13.5 Å². The molecule has 2 rings (SSSR count). The van der Waals surface area contributed by atoms with E-state index in [0.29, 0.717) is 23.7 Å². The van der Waals surface area contributed by atoms with Crippen LogP contribution in [0, 0.1) is 6.92 Å². The molecule has 0 saturated heterocycles. The highest BCUT2D eigenvalue weighted by atomic mass is 35.5. The van der Waals surface area contributed by atoms with Crippen LogP contribution in [0.15, 0.2) is 35.7 Å². The highest BCUT2D eigenvalue weighted by molar-refractivity contribution is 7.09. The zero-order chi connectivity index (χ0) is 14.5. The third-order valence-electron chi connectivity index (χ3n) is 3.00. The predicted octanol–water partition coefficient (Wildman–Crippen LogP) is 3.34. The number of halogens is 1. The van der Waals surface area contributed by atoms with Crippen LogP contribution in [-0.4, -0.2) is 29.1 Å². The average molecular weight is 310 g/mol. The lowest BCUT2D eigenvalue weighted by Gasteiger charge is -2.22. The van der Waals surface area contributed by atoms with Crippen LogP contribution >= 0.6 is 22.9 Å². The molecular formula is C15H16ClNO2S. The number of aliphatic hydroxyl groups is 1. The van der Waals surface area contributed by atoms with Crippen LogP contribution in [0.4, 0.5) is 0 Å². The molecule has 1 heterocycles. The number of hydrogen-bond donors (Lipinski definition) is 1. The summed E-state index contributed by atoms with van der Waals surface area (Å²) in [6.45, 7) is 2.64. The highest BCUT2D eigenvalue weighted by Crippen LogP contribution is 2.19. The highest BCUT2D eigenvalue weighted by Gasteiger charge is 2.18. The number of aryl methyl sites for hydroxylation is 1. The summed E-state index contributed by atoms with van der Waals surface area (Å²) in [4.78, 5) is 15.3. The van der Waals surface area contributed by atoms with Crippen molar-refractivity contribution in [3.05, 3.63) is 56.7 Å². The van der Waals surface area contributed by atoms with E-state index in [1.54, 1.807) is 34.4 Å². The molecule has 0 bridgehead atoms. The molecule has 3 nitrogen and oxygen atoms in total. The molecule has 0 saturated carbocycles. The maximum atomic E-state index is 12.6. The molecule has 1 aromatic heterocycles. The van der Waals surface area contributed by atoms with Crippen LogP contribution in [-0.2, 0) is 6.54 Å². The van der Waals surface area contributed by atoms with E-state index in [1.165, 1.54) is 0 Å². The smallest absolute Gasteiger partial charge is 0.254 e. The third kappa shape index (κ3) is 3.60. The fraction of sp³-hybridized carbons (Fsp3) is 0.267. The van der Waals surface area contributed by atoms with Gasteiger partial charge in [0.2, 0.25) is 0 Å². The largest absolute Gasteiger partial charge is 0.395 e.